The van der Waals surface area contributed by atoms with Crippen LogP contribution in [0.3, 0.4) is 0 Å². The van der Waals surface area contributed by atoms with Gasteiger partial charge in [-0.2, -0.15) is 13.2 Å². The molecule has 0 spiro atoms. The van der Waals surface area contributed by atoms with Gasteiger partial charge in [-0.25, -0.2) is 0 Å². The highest BCUT2D eigenvalue weighted by Gasteiger charge is 2.30. The molecule has 1 aliphatic rings. The van der Waals surface area contributed by atoms with Gasteiger partial charge in [-0.3, -0.25) is 4.79 Å². The standard InChI is InChI=1S/C27H23F3N4O2/c28-27(29,30)20-7-4-8-21(17-20)36-18-26(35)34-15-13-33(14-16-34)25-12-11-24(31-32-25)23-10-3-6-19-5-1-2-9-22(19)23/h1-12,17H,13-16,18H2. The van der Waals surface area contributed by atoms with Gasteiger partial charge in [-0.1, -0.05) is 48.5 Å². The summed E-state index contributed by atoms with van der Waals surface area (Å²) < 4.78 is 43.9. The van der Waals surface area contributed by atoms with Crippen molar-refractivity contribution >= 4 is 22.5 Å². The third kappa shape index (κ3) is 5.10. The van der Waals surface area contributed by atoms with Gasteiger partial charge >= 0.3 is 6.18 Å². The number of carbonyl (C=O) groups is 1. The van der Waals surface area contributed by atoms with Crippen molar-refractivity contribution in [2.75, 3.05) is 37.7 Å². The van der Waals surface area contributed by atoms with Crippen LogP contribution in [0.15, 0.2) is 78.9 Å². The number of hydrogen-bond donors (Lipinski definition) is 0. The van der Waals surface area contributed by atoms with Crippen LogP contribution in [-0.2, 0) is 11.0 Å². The average molecular weight is 493 g/mol. The summed E-state index contributed by atoms with van der Waals surface area (Å²) in [6, 6.07) is 22.6. The van der Waals surface area contributed by atoms with Gasteiger partial charge in [0.1, 0.15) is 5.75 Å². The summed E-state index contributed by atoms with van der Waals surface area (Å²) in [5.74, 6) is 0.467. The molecule has 4 aromatic rings. The van der Waals surface area contributed by atoms with Gasteiger partial charge in [-0.05, 0) is 41.1 Å². The summed E-state index contributed by atoms with van der Waals surface area (Å²) in [6.45, 7) is 1.73. The number of piperazine rings is 1. The zero-order valence-corrected chi connectivity index (χ0v) is 19.3. The number of hydrogen-bond acceptors (Lipinski definition) is 5. The maximum Gasteiger partial charge on any atom is 0.416 e. The third-order valence-electron chi connectivity index (χ3n) is 6.20. The summed E-state index contributed by atoms with van der Waals surface area (Å²) in [4.78, 5) is 16.2. The third-order valence-corrected chi connectivity index (χ3v) is 6.20. The Bertz CT molecular complexity index is 1360. The van der Waals surface area contributed by atoms with Crippen molar-refractivity contribution in [3.8, 4) is 17.0 Å². The van der Waals surface area contributed by atoms with Crippen LogP contribution in [0.1, 0.15) is 5.56 Å². The lowest BCUT2D eigenvalue weighted by Crippen LogP contribution is -2.50. The number of halogens is 3. The number of amides is 1. The predicted octanol–water partition coefficient (Wildman–Crippen LogP) is 5.04. The van der Waals surface area contributed by atoms with Crippen LogP contribution in [0.4, 0.5) is 19.0 Å². The van der Waals surface area contributed by atoms with Gasteiger partial charge in [0, 0.05) is 31.7 Å². The molecule has 1 fully saturated rings. The van der Waals surface area contributed by atoms with Gasteiger partial charge in [0.05, 0.1) is 11.3 Å². The SMILES string of the molecule is O=C(COc1cccc(C(F)(F)F)c1)N1CCN(c2ccc(-c3cccc4ccccc34)nn2)CC1. The summed E-state index contributed by atoms with van der Waals surface area (Å²) in [7, 11) is 0. The molecule has 36 heavy (non-hydrogen) atoms. The molecule has 0 saturated carbocycles. The molecule has 1 amide bonds. The highest BCUT2D eigenvalue weighted by molar-refractivity contribution is 5.95. The van der Waals surface area contributed by atoms with Crippen molar-refractivity contribution in [1.82, 2.24) is 15.1 Å². The van der Waals surface area contributed by atoms with Crippen molar-refractivity contribution < 1.29 is 22.7 Å². The van der Waals surface area contributed by atoms with Crippen LogP contribution in [0.5, 0.6) is 5.75 Å². The Morgan fingerprint density at radius 1 is 0.861 bits per heavy atom. The quantitative estimate of drug-likeness (QED) is 0.391. The Morgan fingerprint density at radius 2 is 1.61 bits per heavy atom. The summed E-state index contributed by atoms with van der Waals surface area (Å²) >= 11 is 0. The summed E-state index contributed by atoms with van der Waals surface area (Å²) in [5.41, 5.74) is 0.994. The lowest BCUT2D eigenvalue weighted by atomic mass is 10.0. The second-order valence-electron chi connectivity index (χ2n) is 8.49. The smallest absolute Gasteiger partial charge is 0.416 e. The molecule has 0 atom stereocenters. The van der Waals surface area contributed by atoms with E-state index in [1.165, 1.54) is 12.1 Å². The minimum Gasteiger partial charge on any atom is -0.484 e. The first kappa shape index (κ1) is 23.6. The minimum atomic E-state index is -4.46. The van der Waals surface area contributed by atoms with Gasteiger partial charge in [0.15, 0.2) is 12.4 Å². The fourth-order valence-corrected chi connectivity index (χ4v) is 4.27. The molecule has 6 nitrogen and oxygen atoms in total. The summed E-state index contributed by atoms with van der Waals surface area (Å²) in [5, 5.41) is 11.1. The molecule has 2 heterocycles. The normalized spacial score (nSPS) is 14.2. The van der Waals surface area contributed by atoms with Crippen LogP contribution in [0.25, 0.3) is 22.0 Å². The number of nitrogens with zero attached hydrogens (tertiary/aromatic N) is 4. The van der Waals surface area contributed by atoms with E-state index in [2.05, 4.69) is 33.3 Å². The van der Waals surface area contributed by atoms with E-state index in [4.69, 9.17) is 4.74 Å². The summed E-state index contributed by atoms with van der Waals surface area (Å²) in [6.07, 6.45) is -4.46. The van der Waals surface area contributed by atoms with E-state index in [-0.39, 0.29) is 18.3 Å². The molecule has 0 N–H and O–H groups in total. The molecule has 3 aromatic carbocycles. The van der Waals surface area contributed by atoms with Crippen molar-refractivity contribution in [1.29, 1.82) is 0 Å². The van der Waals surface area contributed by atoms with E-state index in [1.807, 2.05) is 36.4 Å². The second kappa shape index (κ2) is 9.85. The number of benzene rings is 3. The van der Waals surface area contributed by atoms with Crippen molar-refractivity contribution in [3.05, 3.63) is 84.4 Å². The van der Waals surface area contributed by atoms with Crippen LogP contribution in [-0.4, -0.2) is 53.8 Å². The van der Waals surface area contributed by atoms with Crippen LogP contribution in [0.2, 0.25) is 0 Å². The topological polar surface area (TPSA) is 58.6 Å². The highest BCUT2D eigenvalue weighted by atomic mass is 19.4. The molecule has 0 radical (unpaired) electrons. The first-order valence-electron chi connectivity index (χ1n) is 11.5. The molecule has 1 saturated heterocycles. The Hall–Kier alpha value is -4.14. The fraction of sp³-hybridized carbons (Fsp3) is 0.222. The van der Waals surface area contributed by atoms with Crippen LogP contribution in [0, 0.1) is 0 Å². The van der Waals surface area contributed by atoms with Crippen molar-refractivity contribution in [2.24, 2.45) is 0 Å². The van der Waals surface area contributed by atoms with E-state index in [9.17, 15) is 18.0 Å². The van der Waals surface area contributed by atoms with E-state index in [1.54, 1.807) is 4.90 Å². The zero-order valence-electron chi connectivity index (χ0n) is 19.3. The maximum absolute atomic E-state index is 12.9. The average Bonchev–Trinajstić information content (AvgIpc) is 2.91. The first-order chi connectivity index (χ1) is 17.4. The molecular formula is C27H23F3N4O2. The molecule has 0 unspecified atom stereocenters. The van der Waals surface area contributed by atoms with E-state index < -0.39 is 11.7 Å². The van der Waals surface area contributed by atoms with Crippen molar-refractivity contribution in [3.63, 3.8) is 0 Å². The number of alkyl halides is 3. The van der Waals surface area contributed by atoms with Gasteiger partial charge in [0.25, 0.3) is 5.91 Å². The Kier molecular flexibility index (Phi) is 6.45. The number of aromatic nitrogens is 2. The number of fused-ring (bicyclic) bond motifs is 1. The van der Waals surface area contributed by atoms with Crippen LogP contribution < -0.4 is 9.64 Å². The van der Waals surface area contributed by atoms with E-state index in [0.717, 1.165) is 40.0 Å². The number of rotatable bonds is 5. The molecule has 0 bridgehead atoms. The Labute approximate surface area is 205 Å². The molecule has 5 rings (SSSR count). The van der Waals surface area contributed by atoms with Gasteiger partial charge in [-0.15, -0.1) is 10.2 Å². The number of anilines is 1. The molecule has 0 aliphatic carbocycles. The monoisotopic (exact) mass is 492 g/mol. The minimum absolute atomic E-state index is 0.0124. The van der Waals surface area contributed by atoms with Gasteiger partial charge in [0.2, 0.25) is 0 Å². The predicted molar refractivity (Wildman–Crippen MR) is 131 cm³/mol. The Balaban J connectivity index is 1.17. The largest absolute Gasteiger partial charge is 0.484 e. The fourth-order valence-electron chi connectivity index (χ4n) is 4.27. The maximum atomic E-state index is 12.9. The second-order valence-corrected chi connectivity index (χ2v) is 8.49. The van der Waals surface area contributed by atoms with Crippen LogP contribution >= 0.6 is 0 Å². The molecule has 1 aliphatic heterocycles. The number of ether oxygens (including phenoxy) is 1. The molecule has 184 valence electrons. The highest BCUT2D eigenvalue weighted by Crippen LogP contribution is 2.31. The zero-order chi connectivity index (χ0) is 25.1. The van der Waals surface area contributed by atoms with Crippen molar-refractivity contribution in [2.45, 2.75) is 6.18 Å². The lowest BCUT2D eigenvalue weighted by Gasteiger charge is -2.35. The lowest BCUT2D eigenvalue weighted by molar-refractivity contribution is -0.137. The molecule has 1 aromatic heterocycles. The Morgan fingerprint density at radius 3 is 2.36 bits per heavy atom. The van der Waals surface area contributed by atoms with E-state index >= 15 is 0 Å². The number of carbonyl (C=O) groups excluding carboxylic acids is 1. The molecule has 9 heteroatoms. The molecular weight excluding hydrogens is 469 g/mol. The first-order valence-corrected chi connectivity index (χ1v) is 11.5. The van der Waals surface area contributed by atoms with E-state index in [0.29, 0.717) is 26.2 Å². The van der Waals surface area contributed by atoms with Gasteiger partial charge < -0.3 is 14.5 Å².